The first kappa shape index (κ1) is 14.6. The van der Waals surface area contributed by atoms with Crippen molar-refractivity contribution >= 4 is 38.9 Å². The molecule has 1 amide bonds. The summed E-state index contributed by atoms with van der Waals surface area (Å²) in [4.78, 5) is 11.8. The third kappa shape index (κ3) is 4.09. The van der Waals surface area contributed by atoms with Gasteiger partial charge in [0.25, 0.3) is 0 Å². The van der Waals surface area contributed by atoms with Crippen molar-refractivity contribution in [2.24, 2.45) is 0 Å². The zero-order valence-electron chi connectivity index (χ0n) is 9.97. The molecular weight excluding hydrogens is 309 g/mol. The average molecular weight is 322 g/mol. The Labute approximate surface area is 122 Å². The highest BCUT2D eigenvalue weighted by molar-refractivity contribution is 7.91. The van der Waals surface area contributed by atoms with Crippen molar-refractivity contribution in [3.05, 3.63) is 34.9 Å². The maximum atomic E-state index is 11.8. The molecule has 2 atom stereocenters. The lowest BCUT2D eigenvalue weighted by atomic mass is 10.1. The van der Waals surface area contributed by atoms with Crippen LogP contribution in [0.3, 0.4) is 0 Å². The van der Waals surface area contributed by atoms with Crippen molar-refractivity contribution in [2.45, 2.75) is 17.8 Å². The summed E-state index contributed by atoms with van der Waals surface area (Å²) in [7, 11) is -3.13. The maximum Gasteiger partial charge on any atom is 0.224 e. The first-order valence-corrected chi connectivity index (χ1v) is 8.37. The number of hydrogen-bond donors (Lipinski definition) is 1. The van der Waals surface area contributed by atoms with Crippen LogP contribution < -0.4 is 5.32 Å². The molecule has 1 saturated heterocycles. The molecular formula is C12H13Cl2NO3S. The van der Waals surface area contributed by atoms with E-state index in [-0.39, 0.29) is 23.8 Å². The third-order valence-corrected chi connectivity index (χ3v) is 5.53. The molecule has 1 aliphatic rings. The Morgan fingerprint density at radius 2 is 1.89 bits per heavy atom. The second-order valence-electron chi connectivity index (χ2n) is 4.57. The molecule has 1 N–H and O–H groups in total. The monoisotopic (exact) mass is 321 g/mol. The Hall–Kier alpha value is -0.780. The fourth-order valence-corrected chi connectivity index (χ4v) is 4.66. The fourth-order valence-electron chi connectivity index (χ4n) is 1.98. The van der Waals surface area contributed by atoms with Gasteiger partial charge < -0.3 is 5.32 Å². The lowest BCUT2D eigenvalue weighted by molar-refractivity contribution is -0.120. The lowest BCUT2D eigenvalue weighted by Gasteiger charge is -2.14. The molecule has 0 aliphatic carbocycles. The van der Waals surface area contributed by atoms with Crippen LogP contribution in [0.2, 0.25) is 5.02 Å². The molecule has 1 aromatic carbocycles. The summed E-state index contributed by atoms with van der Waals surface area (Å²) in [5.41, 5.74) is 0.814. The van der Waals surface area contributed by atoms with Crippen LogP contribution >= 0.6 is 23.2 Å². The van der Waals surface area contributed by atoms with E-state index in [1.807, 2.05) is 0 Å². The van der Waals surface area contributed by atoms with Gasteiger partial charge in [-0.1, -0.05) is 23.7 Å². The number of nitrogens with one attached hydrogen (secondary N) is 1. The van der Waals surface area contributed by atoms with Crippen LogP contribution in [-0.4, -0.2) is 37.2 Å². The summed E-state index contributed by atoms with van der Waals surface area (Å²) in [6.45, 7) is 0. The highest BCUT2D eigenvalue weighted by Gasteiger charge is 2.37. The van der Waals surface area contributed by atoms with Gasteiger partial charge in [-0.05, 0) is 17.7 Å². The summed E-state index contributed by atoms with van der Waals surface area (Å²) in [6, 6.07) is 6.41. The van der Waals surface area contributed by atoms with Crippen LogP contribution in [0.25, 0.3) is 0 Å². The third-order valence-electron chi connectivity index (χ3n) is 2.91. The van der Waals surface area contributed by atoms with E-state index in [1.54, 1.807) is 24.3 Å². The highest BCUT2D eigenvalue weighted by atomic mass is 35.5. The fraction of sp³-hybridized carbons (Fsp3) is 0.417. The summed E-state index contributed by atoms with van der Waals surface area (Å²) < 4.78 is 22.8. The quantitative estimate of drug-likeness (QED) is 0.856. The molecule has 0 aromatic heterocycles. The number of benzene rings is 1. The maximum absolute atomic E-state index is 11.8. The Balaban J connectivity index is 1.93. The van der Waals surface area contributed by atoms with E-state index < -0.39 is 21.3 Å². The van der Waals surface area contributed by atoms with Crippen LogP contribution in [0.1, 0.15) is 5.56 Å². The van der Waals surface area contributed by atoms with E-state index in [0.717, 1.165) is 5.56 Å². The van der Waals surface area contributed by atoms with Gasteiger partial charge in [0.1, 0.15) is 0 Å². The molecule has 0 unspecified atom stereocenters. The Kier molecular flexibility index (Phi) is 4.38. The van der Waals surface area contributed by atoms with Gasteiger partial charge in [0.15, 0.2) is 9.84 Å². The number of sulfone groups is 1. The summed E-state index contributed by atoms with van der Waals surface area (Å²) in [5, 5.41) is 2.71. The van der Waals surface area contributed by atoms with Crippen LogP contribution in [0, 0.1) is 0 Å². The Morgan fingerprint density at radius 1 is 1.26 bits per heavy atom. The normalized spacial score (nSPS) is 25.2. The SMILES string of the molecule is O=C(Cc1ccc(Cl)cc1)N[C@H]1CS(=O)(=O)C[C@H]1Cl. The molecule has 1 heterocycles. The van der Waals surface area contributed by atoms with Gasteiger partial charge in [-0.3, -0.25) is 4.79 Å². The molecule has 0 bridgehead atoms. The van der Waals surface area contributed by atoms with Gasteiger partial charge in [-0.15, -0.1) is 11.6 Å². The smallest absolute Gasteiger partial charge is 0.224 e. The minimum atomic E-state index is -3.13. The molecule has 1 fully saturated rings. The Morgan fingerprint density at radius 3 is 2.42 bits per heavy atom. The molecule has 104 valence electrons. The Bertz CT molecular complexity index is 571. The van der Waals surface area contributed by atoms with Gasteiger partial charge >= 0.3 is 0 Å². The first-order valence-electron chi connectivity index (χ1n) is 5.74. The molecule has 0 spiro atoms. The van der Waals surface area contributed by atoms with Crippen LogP contribution in [0.5, 0.6) is 0 Å². The average Bonchev–Trinajstić information content (AvgIpc) is 2.55. The van der Waals surface area contributed by atoms with E-state index in [2.05, 4.69) is 5.32 Å². The first-order chi connectivity index (χ1) is 8.85. The van der Waals surface area contributed by atoms with E-state index in [1.165, 1.54) is 0 Å². The van der Waals surface area contributed by atoms with Gasteiger partial charge in [-0.25, -0.2) is 8.42 Å². The summed E-state index contributed by atoms with van der Waals surface area (Å²) >= 11 is 11.7. The van der Waals surface area contributed by atoms with Crippen LogP contribution in [0.4, 0.5) is 0 Å². The largest absolute Gasteiger partial charge is 0.351 e. The zero-order valence-corrected chi connectivity index (χ0v) is 12.3. The minimum absolute atomic E-state index is 0.0829. The number of carbonyl (C=O) groups is 1. The summed E-state index contributed by atoms with van der Waals surface area (Å²) in [5.74, 6) is -0.413. The number of halogens is 2. The van der Waals surface area contributed by atoms with E-state index in [9.17, 15) is 13.2 Å². The predicted molar refractivity (Wildman–Crippen MR) is 75.4 cm³/mol. The molecule has 19 heavy (non-hydrogen) atoms. The number of amides is 1. The molecule has 7 heteroatoms. The van der Waals surface area contributed by atoms with Crippen molar-refractivity contribution in [1.82, 2.24) is 5.32 Å². The number of hydrogen-bond acceptors (Lipinski definition) is 3. The van der Waals surface area contributed by atoms with Crippen LogP contribution in [-0.2, 0) is 21.1 Å². The van der Waals surface area contributed by atoms with Crippen molar-refractivity contribution < 1.29 is 13.2 Å². The number of carbonyl (C=O) groups excluding carboxylic acids is 1. The molecule has 0 radical (unpaired) electrons. The van der Waals surface area contributed by atoms with Crippen molar-refractivity contribution in [2.75, 3.05) is 11.5 Å². The van der Waals surface area contributed by atoms with Crippen molar-refractivity contribution in [3.8, 4) is 0 Å². The van der Waals surface area contributed by atoms with E-state index >= 15 is 0 Å². The molecule has 2 rings (SSSR count). The second-order valence-corrected chi connectivity index (χ2v) is 7.72. The summed E-state index contributed by atoms with van der Waals surface area (Å²) in [6.07, 6.45) is 0.178. The topological polar surface area (TPSA) is 63.2 Å². The lowest BCUT2D eigenvalue weighted by Crippen LogP contribution is -2.41. The van der Waals surface area contributed by atoms with Crippen molar-refractivity contribution in [3.63, 3.8) is 0 Å². The van der Waals surface area contributed by atoms with E-state index in [4.69, 9.17) is 23.2 Å². The van der Waals surface area contributed by atoms with Crippen molar-refractivity contribution in [1.29, 1.82) is 0 Å². The molecule has 1 aromatic rings. The highest BCUT2D eigenvalue weighted by Crippen LogP contribution is 2.18. The number of alkyl halides is 1. The van der Waals surface area contributed by atoms with Gasteiger partial charge in [0.05, 0.1) is 29.3 Å². The van der Waals surface area contributed by atoms with Gasteiger partial charge in [-0.2, -0.15) is 0 Å². The molecule has 0 saturated carbocycles. The van der Waals surface area contributed by atoms with Gasteiger partial charge in [0, 0.05) is 5.02 Å². The molecule has 1 aliphatic heterocycles. The molecule has 4 nitrogen and oxygen atoms in total. The van der Waals surface area contributed by atoms with E-state index in [0.29, 0.717) is 5.02 Å². The second kappa shape index (κ2) is 5.69. The standard InChI is InChI=1S/C12H13Cl2NO3S/c13-9-3-1-8(2-4-9)5-12(16)15-11-7-19(17,18)6-10(11)14/h1-4,10-11H,5-7H2,(H,15,16)/t10-,11+/m1/s1. The van der Waals surface area contributed by atoms with Crippen LogP contribution in [0.15, 0.2) is 24.3 Å². The zero-order chi connectivity index (χ0) is 14.0. The number of rotatable bonds is 3. The minimum Gasteiger partial charge on any atom is -0.351 e. The predicted octanol–water partition coefficient (Wildman–Crippen LogP) is 1.40. The van der Waals surface area contributed by atoms with Gasteiger partial charge in [0.2, 0.25) is 5.91 Å².